The number of amides is 1. The number of hydrogen-bond acceptors (Lipinski definition) is 2. The number of nitrogens with zero attached hydrogens (tertiary/aromatic N) is 1. The van der Waals surface area contributed by atoms with Crippen molar-refractivity contribution < 1.29 is 4.79 Å². The first-order chi connectivity index (χ1) is 14.1. The van der Waals surface area contributed by atoms with Crippen molar-refractivity contribution in [2.45, 2.75) is 58.3 Å². The van der Waals surface area contributed by atoms with Crippen LogP contribution in [-0.2, 0) is 24.1 Å². The Hall–Kier alpha value is -2.13. The second-order valence-corrected chi connectivity index (χ2v) is 9.22. The number of nitrogens with one attached hydrogen (secondary N) is 1. The molecule has 1 amide bonds. The van der Waals surface area contributed by atoms with E-state index in [0.29, 0.717) is 12.3 Å². The Morgan fingerprint density at radius 2 is 1.76 bits per heavy atom. The molecule has 2 heterocycles. The van der Waals surface area contributed by atoms with Crippen LogP contribution >= 0.6 is 0 Å². The van der Waals surface area contributed by atoms with E-state index >= 15 is 0 Å². The molecule has 154 valence electrons. The summed E-state index contributed by atoms with van der Waals surface area (Å²) in [5, 5.41) is 2.98. The number of aryl methyl sites for hydroxylation is 2. The molecule has 0 radical (unpaired) electrons. The fourth-order valence-electron chi connectivity index (χ4n) is 4.62. The maximum absolute atomic E-state index is 11.5. The molecular weight excluding hydrogens is 356 g/mol. The van der Waals surface area contributed by atoms with Crippen molar-refractivity contribution >= 4 is 11.6 Å². The lowest BCUT2D eigenvalue weighted by molar-refractivity contribution is -0.116. The van der Waals surface area contributed by atoms with Crippen LogP contribution in [0.1, 0.15) is 61.3 Å². The lowest BCUT2D eigenvalue weighted by atomic mass is 9.90. The van der Waals surface area contributed by atoms with E-state index < -0.39 is 0 Å². The summed E-state index contributed by atoms with van der Waals surface area (Å²) >= 11 is 0. The van der Waals surface area contributed by atoms with E-state index in [2.05, 4.69) is 66.5 Å². The van der Waals surface area contributed by atoms with E-state index in [1.54, 1.807) is 0 Å². The van der Waals surface area contributed by atoms with E-state index in [4.69, 9.17) is 0 Å². The molecule has 0 aromatic heterocycles. The van der Waals surface area contributed by atoms with Crippen LogP contribution in [0.4, 0.5) is 5.69 Å². The van der Waals surface area contributed by atoms with Gasteiger partial charge in [0, 0.05) is 25.2 Å². The van der Waals surface area contributed by atoms with E-state index in [1.165, 1.54) is 67.6 Å². The van der Waals surface area contributed by atoms with Crippen LogP contribution in [0.3, 0.4) is 0 Å². The Morgan fingerprint density at radius 3 is 2.52 bits per heavy atom. The molecule has 2 aliphatic rings. The first-order valence-electron chi connectivity index (χ1n) is 11.3. The molecule has 4 rings (SSSR count). The molecule has 1 saturated heterocycles. The molecule has 2 aliphatic heterocycles. The van der Waals surface area contributed by atoms with Gasteiger partial charge in [-0.05, 0) is 78.8 Å². The Labute approximate surface area is 175 Å². The molecule has 0 bridgehead atoms. The summed E-state index contributed by atoms with van der Waals surface area (Å²) < 4.78 is 0. The van der Waals surface area contributed by atoms with Crippen LogP contribution in [-0.4, -0.2) is 30.4 Å². The Kier molecular flexibility index (Phi) is 6.34. The van der Waals surface area contributed by atoms with Gasteiger partial charge < -0.3 is 10.2 Å². The van der Waals surface area contributed by atoms with Gasteiger partial charge in [-0.25, -0.2) is 0 Å². The van der Waals surface area contributed by atoms with E-state index in [1.807, 2.05) is 0 Å². The molecule has 0 spiro atoms. The summed E-state index contributed by atoms with van der Waals surface area (Å²) in [6.45, 7) is 8.20. The van der Waals surface area contributed by atoms with Gasteiger partial charge in [0.25, 0.3) is 0 Å². The van der Waals surface area contributed by atoms with Crippen LogP contribution in [0.25, 0.3) is 0 Å². The Morgan fingerprint density at radius 1 is 1.00 bits per heavy atom. The van der Waals surface area contributed by atoms with E-state index in [9.17, 15) is 4.79 Å². The highest BCUT2D eigenvalue weighted by atomic mass is 16.1. The third kappa shape index (κ3) is 5.27. The number of carbonyl (C=O) groups is 1. The third-order valence-electron chi connectivity index (χ3n) is 6.46. The molecule has 3 nitrogen and oxygen atoms in total. The van der Waals surface area contributed by atoms with Gasteiger partial charge in [0.15, 0.2) is 0 Å². The van der Waals surface area contributed by atoms with Gasteiger partial charge in [0.05, 0.1) is 0 Å². The molecule has 0 unspecified atom stereocenters. The van der Waals surface area contributed by atoms with Crippen molar-refractivity contribution in [3.63, 3.8) is 0 Å². The molecular formula is C26H34N2O. The first kappa shape index (κ1) is 20.2. The fraction of sp³-hybridized carbons (Fsp3) is 0.500. The number of anilines is 1. The molecule has 0 atom stereocenters. The average Bonchev–Trinajstić information content (AvgIpc) is 2.69. The Balaban J connectivity index is 1.13. The second-order valence-electron chi connectivity index (χ2n) is 9.22. The summed E-state index contributed by atoms with van der Waals surface area (Å²) in [5.41, 5.74) is 6.65. The normalized spacial score (nSPS) is 17.1. The van der Waals surface area contributed by atoms with Crippen molar-refractivity contribution in [1.82, 2.24) is 4.90 Å². The lowest BCUT2D eigenvalue weighted by Gasteiger charge is -2.39. The number of unbranched alkanes of at least 4 members (excludes halogenated alkanes) is 1. The van der Waals surface area contributed by atoms with Gasteiger partial charge >= 0.3 is 0 Å². The predicted octanol–water partition coefficient (Wildman–Crippen LogP) is 5.19. The minimum absolute atomic E-state index is 0.146. The summed E-state index contributed by atoms with van der Waals surface area (Å²) in [6.07, 6.45) is 6.43. The fourth-order valence-corrected chi connectivity index (χ4v) is 4.62. The second kappa shape index (κ2) is 9.13. The van der Waals surface area contributed by atoms with Crippen molar-refractivity contribution in [3.8, 4) is 0 Å². The van der Waals surface area contributed by atoms with Crippen LogP contribution in [0.2, 0.25) is 0 Å². The largest absolute Gasteiger partial charge is 0.326 e. The highest BCUT2D eigenvalue weighted by Gasteiger charge is 2.26. The molecule has 29 heavy (non-hydrogen) atoms. The maximum Gasteiger partial charge on any atom is 0.224 e. The summed E-state index contributed by atoms with van der Waals surface area (Å²) in [7, 11) is 0. The topological polar surface area (TPSA) is 32.3 Å². The van der Waals surface area contributed by atoms with Crippen molar-refractivity contribution in [3.05, 3.63) is 64.7 Å². The molecule has 0 saturated carbocycles. The highest BCUT2D eigenvalue weighted by molar-refractivity contribution is 5.93. The van der Waals surface area contributed by atoms with Crippen molar-refractivity contribution in [2.24, 2.45) is 5.92 Å². The summed E-state index contributed by atoms with van der Waals surface area (Å²) in [4.78, 5) is 14.1. The SMILES string of the molecule is CC(C)c1ccc(CCCCN2CC(Cc3ccc4c(c3)CCC(=O)N4)C2)cc1. The van der Waals surface area contributed by atoms with Gasteiger partial charge in [-0.2, -0.15) is 0 Å². The zero-order valence-corrected chi connectivity index (χ0v) is 17.9. The van der Waals surface area contributed by atoms with Gasteiger partial charge in [-0.15, -0.1) is 0 Å². The molecule has 2 aromatic rings. The minimum Gasteiger partial charge on any atom is -0.326 e. The van der Waals surface area contributed by atoms with Crippen molar-refractivity contribution in [1.29, 1.82) is 0 Å². The van der Waals surface area contributed by atoms with Gasteiger partial charge in [-0.3, -0.25) is 4.79 Å². The molecule has 1 fully saturated rings. The smallest absolute Gasteiger partial charge is 0.224 e. The Bertz CT molecular complexity index is 834. The van der Waals surface area contributed by atoms with Gasteiger partial charge in [-0.1, -0.05) is 50.2 Å². The maximum atomic E-state index is 11.5. The lowest BCUT2D eigenvalue weighted by Crippen LogP contribution is -2.47. The van der Waals surface area contributed by atoms with Crippen LogP contribution in [0.5, 0.6) is 0 Å². The van der Waals surface area contributed by atoms with Gasteiger partial charge in [0.1, 0.15) is 0 Å². The minimum atomic E-state index is 0.146. The number of hydrogen-bond donors (Lipinski definition) is 1. The quantitative estimate of drug-likeness (QED) is 0.629. The van der Waals surface area contributed by atoms with E-state index in [-0.39, 0.29) is 5.91 Å². The van der Waals surface area contributed by atoms with Crippen molar-refractivity contribution in [2.75, 3.05) is 25.0 Å². The van der Waals surface area contributed by atoms with Crippen LogP contribution < -0.4 is 5.32 Å². The first-order valence-corrected chi connectivity index (χ1v) is 11.3. The van der Waals surface area contributed by atoms with E-state index in [0.717, 1.165) is 18.0 Å². The molecule has 2 aromatic carbocycles. The highest BCUT2D eigenvalue weighted by Crippen LogP contribution is 2.27. The molecule has 1 N–H and O–H groups in total. The van der Waals surface area contributed by atoms with Crippen LogP contribution in [0.15, 0.2) is 42.5 Å². The molecule has 3 heteroatoms. The zero-order chi connectivity index (χ0) is 20.2. The zero-order valence-electron chi connectivity index (χ0n) is 17.9. The number of benzene rings is 2. The number of likely N-dealkylation sites (tertiary alicyclic amines) is 1. The number of carbonyl (C=O) groups excluding carboxylic acids is 1. The summed E-state index contributed by atoms with van der Waals surface area (Å²) in [5.74, 6) is 1.55. The molecule has 0 aliphatic carbocycles. The third-order valence-corrected chi connectivity index (χ3v) is 6.46. The average molecular weight is 391 g/mol. The van der Waals surface area contributed by atoms with Crippen LogP contribution in [0, 0.1) is 5.92 Å². The number of rotatable bonds is 8. The monoisotopic (exact) mass is 390 g/mol. The summed E-state index contributed by atoms with van der Waals surface area (Å²) in [6, 6.07) is 15.8. The number of fused-ring (bicyclic) bond motifs is 1. The standard InChI is InChI=1S/C26H34N2O/c1-19(2)23-9-6-20(7-10-23)5-3-4-14-28-17-22(18-28)15-21-8-12-25-24(16-21)11-13-26(29)27-25/h6-10,12,16,19,22H,3-5,11,13-15,17-18H2,1-2H3,(H,27,29). The predicted molar refractivity (Wildman–Crippen MR) is 120 cm³/mol. The van der Waals surface area contributed by atoms with Gasteiger partial charge in [0.2, 0.25) is 5.91 Å².